The molecule has 0 saturated carbocycles. The first-order chi connectivity index (χ1) is 8.52. The fourth-order valence-corrected chi connectivity index (χ4v) is 1.57. The standard InChI is InChI=1S/C16H21NO/c1-5-14-7-6-8-15(12-14)11-13(2)9-10-16(18)17(3)4/h6-12H,5H2,1-4H3/b10-9+,13-11+. The van der Waals surface area contributed by atoms with Gasteiger partial charge in [-0.15, -0.1) is 0 Å². The number of hydrogen-bond acceptors (Lipinski definition) is 1. The second-order valence-corrected chi connectivity index (χ2v) is 4.55. The van der Waals surface area contributed by atoms with E-state index in [1.165, 1.54) is 11.1 Å². The van der Waals surface area contributed by atoms with Gasteiger partial charge in [0.25, 0.3) is 0 Å². The molecule has 0 aliphatic rings. The van der Waals surface area contributed by atoms with Crippen LogP contribution >= 0.6 is 0 Å². The molecule has 0 saturated heterocycles. The molecule has 96 valence electrons. The van der Waals surface area contributed by atoms with Crippen molar-refractivity contribution in [3.63, 3.8) is 0 Å². The molecular formula is C16H21NO. The van der Waals surface area contributed by atoms with Crippen LogP contribution < -0.4 is 0 Å². The summed E-state index contributed by atoms with van der Waals surface area (Å²) in [7, 11) is 3.49. The Morgan fingerprint density at radius 3 is 2.61 bits per heavy atom. The summed E-state index contributed by atoms with van der Waals surface area (Å²) in [5.41, 5.74) is 3.57. The van der Waals surface area contributed by atoms with Crippen LogP contribution in [0, 0.1) is 0 Å². The van der Waals surface area contributed by atoms with Gasteiger partial charge in [-0.05, 0) is 24.5 Å². The van der Waals surface area contributed by atoms with Crippen LogP contribution in [-0.4, -0.2) is 24.9 Å². The van der Waals surface area contributed by atoms with Crippen LogP contribution in [0.2, 0.25) is 0 Å². The zero-order chi connectivity index (χ0) is 13.5. The highest BCUT2D eigenvalue weighted by Gasteiger charge is 1.96. The number of allylic oxidation sites excluding steroid dienone is 2. The number of carbonyl (C=O) groups is 1. The molecular weight excluding hydrogens is 222 g/mol. The Kier molecular flexibility index (Phi) is 5.37. The molecule has 0 atom stereocenters. The number of aryl methyl sites for hydroxylation is 1. The summed E-state index contributed by atoms with van der Waals surface area (Å²) in [6, 6.07) is 8.43. The zero-order valence-corrected chi connectivity index (χ0v) is 11.6. The molecule has 0 fully saturated rings. The average molecular weight is 243 g/mol. The van der Waals surface area contributed by atoms with Crippen LogP contribution in [0.5, 0.6) is 0 Å². The van der Waals surface area contributed by atoms with Gasteiger partial charge in [0.1, 0.15) is 0 Å². The first-order valence-corrected chi connectivity index (χ1v) is 6.19. The third-order valence-electron chi connectivity index (χ3n) is 2.68. The number of nitrogens with zero attached hydrogens (tertiary/aromatic N) is 1. The molecule has 0 N–H and O–H groups in total. The van der Waals surface area contributed by atoms with Crippen molar-refractivity contribution < 1.29 is 4.79 Å². The molecule has 1 rings (SSSR count). The molecule has 0 aliphatic heterocycles. The van der Waals surface area contributed by atoms with E-state index in [0.29, 0.717) is 0 Å². The van der Waals surface area contributed by atoms with Crippen molar-refractivity contribution in [2.45, 2.75) is 20.3 Å². The van der Waals surface area contributed by atoms with Crippen LogP contribution in [0.25, 0.3) is 6.08 Å². The van der Waals surface area contributed by atoms with Crippen molar-refractivity contribution in [3.05, 3.63) is 53.1 Å². The zero-order valence-electron chi connectivity index (χ0n) is 11.6. The molecule has 1 aromatic rings. The highest BCUT2D eigenvalue weighted by Crippen LogP contribution is 2.11. The van der Waals surface area contributed by atoms with E-state index in [0.717, 1.165) is 12.0 Å². The predicted molar refractivity (Wildman–Crippen MR) is 77.3 cm³/mol. The predicted octanol–water partition coefficient (Wildman–Crippen LogP) is 3.30. The first kappa shape index (κ1) is 14.2. The minimum absolute atomic E-state index is 0.00468. The Hall–Kier alpha value is -1.83. The van der Waals surface area contributed by atoms with Crippen molar-refractivity contribution in [2.75, 3.05) is 14.1 Å². The number of amides is 1. The maximum atomic E-state index is 11.4. The van der Waals surface area contributed by atoms with Gasteiger partial charge < -0.3 is 4.90 Å². The summed E-state index contributed by atoms with van der Waals surface area (Å²) in [6.45, 7) is 4.14. The van der Waals surface area contributed by atoms with E-state index in [9.17, 15) is 4.79 Å². The Morgan fingerprint density at radius 1 is 1.28 bits per heavy atom. The second-order valence-electron chi connectivity index (χ2n) is 4.55. The molecule has 0 aromatic heterocycles. The molecule has 2 heteroatoms. The monoisotopic (exact) mass is 243 g/mol. The maximum Gasteiger partial charge on any atom is 0.246 e. The topological polar surface area (TPSA) is 20.3 Å². The van der Waals surface area contributed by atoms with Gasteiger partial charge in [-0.2, -0.15) is 0 Å². The van der Waals surface area contributed by atoms with Crippen LogP contribution in [0.4, 0.5) is 0 Å². The maximum absolute atomic E-state index is 11.4. The molecule has 0 spiro atoms. The summed E-state index contributed by atoms with van der Waals surface area (Å²) in [5, 5.41) is 0. The lowest BCUT2D eigenvalue weighted by atomic mass is 10.1. The van der Waals surface area contributed by atoms with Gasteiger partial charge >= 0.3 is 0 Å². The second kappa shape index (κ2) is 6.80. The Bertz CT molecular complexity index is 470. The minimum atomic E-state index is 0.00468. The van der Waals surface area contributed by atoms with Gasteiger partial charge in [0.15, 0.2) is 0 Å². The van der Waals surface area contributed by atoms with E-state index in [2.05, 4.69) is 37.3 Å². The van der Waals surface area contributed by atoms with E-state index >= 15 is 0 Å². The van der Waals surface area contributed by atoms with Crippen molar-refractivity contribution in [1.82, 2.24) is 4.90 Å². The molecule has 0 bridgehead atoms. The lowest BCUT2D eigenvalue weighted by molar-refractivity contribution is -0.123. The third-order valence-corrected chi connectivity index (χ3v) is 2.68. The highest BCUT2D eigenvalue weighted by atomic mass is 16.2. The van der Waals surface area contributed by atoms with Crippen LogP contribution in [-0.2, 0) is 11.2 Å². The first-order valence-electron chi connectivity index (χ1n) is 6.19. The molecule has 0 aliphatic carbocycles. The minimum Gasteiger partial charge on any atom is -0.345 e. The van der Waals surface area contributed by atoms with Crippen molar-refractivity contribution >= 4 is 12.0 Å². The Balaban J connectivity index is 2.79. The van der Waals surface area contributed by atoms with E-state index in [1.807, 2.05) is 13.0 Å². The number of rotatable bonds is 4. The molecule has 0 radical (unpaired) electrons. The summed E-state index contributed by atoms with van der Waals surface area (Å²) in [6.07, 6.45) is 6.56. The van der Waals surface area contributed by atoms with Gasteiger partial charge in [0.05, 0.1) is 0 Å². The molecule has 2 nitrogen and oxygen atoms in total. The molecule has 18 heavy (non-hydrogen) atoms. The fraction of sp³-hybridized carbons (Fsp3) is 0.312. The third kappa shape index (κ3) is 4.58. The number of benzene rings is 1. The van der Waals surface area contributed by atoms with E-state index < -0.39 is 0 Å². The lowest BCUT2D eigenvalue weighted by Crippen LogP contribution is -2.18. The smallest absolute Gasteiger partial charge is 0.246 e. The summed E-state index contributed by atoms with van der Waals surface area (Å²) in [5.74, 6) is 0.00468. The van der Waals surface area contributed by atoms with Crippen LogP contribution in [0.3, 0.4) is 0 Å². The normalized spacial score (nSPS) is 11.9. The van der Waals surface area contributed by atoms with Gasteiger partial charge in [0, 0.05) is 20.2 Å². The van der Waals surface area contributed by atoms with Crippen molar-refractivity contribution in [3.8, 4) is 0 Å². The quantitative estimate of drug-likeness (QED) is 0.587. The van der Waals surface area contributed by atoms with Gasteiger partial charge in [-0.3, -0.25) is 4.79 Å². The summed E-state index contributed by atoms with van der Waals surface area (Å²) in [4.78, 5) is 13.0. The van der Waals surface area contributed by atoms with Crippen molar-refractivity contribution in [1.29, 1.82) is 0 Å². The average Bonchev–Trinajstić information content (AvgIpc) is 2.36. The fourth-order valence-electron chi connectivity index (χ4n) is 1.57. The van der Waals surface area contributed by atoms with Gasteiger partial charge in [-0.1, -0.05) is 48.9 Å². The summed E-state index contributed by atoms with van der Waals surface area (Å²) >= 11 is 0. The number of likely N-dealkylation sites (N-methyl/N-ethyl adjacent to an activating group) is 1. The number of carbonyl (C=O) groups excluding carboxylic acids is 1. The molecule has 1 aromatic carbocycles. The number of hydrogen-bond donors (Lipinski definition) is 0. The SMILES string of the molecule is CCc1cccc(/C=C(C)/C=C/C(=O)N(C)C)c1. The van der Waals surface area contributed by atoms with Gasteiger partial charge in [0.2, 0.25) is 5.91 Å². The molecule has 0 heterocycles. The van der Waals surface area contributed by atoms with E-state index in [1.54, 1.807) is 25.1 Å². The highest BCUT2D eigenvalue weighted by molar-refractivity contribution is 5.87. The van der Waals surface area contributed by atoms with Gasteiger partial charge in [-0.25, -0.2) is 0 Å². The van der Waals surface area contributed by atoms with Crippen LogP contribution in [0.1, 0.15) is 25.0 Å². The van der Waals surface area contributed by atoms with E-state index in [4.69, 9.17) is 0 Å². The van der Waals surface area contributed by atoms with Crippen LogP contribution in [0.15, 0.2) is 42.0 Å². The summed E-state index contributed by atoms with van der Waals surface area (Å²) < 4.78 is 0. The van der Waals surface area contributed by atoms with E-state index in [-0.39, 0.29) is 5.91 Å². The largest absolute Gasteiger partial charge is 0.345 e. The lowest BCUT2D eigenvalue weighted by Gasteiger charge is -2.05. The Morgan fingerprint density at radius 2 is 2.00 bits per heavy atom. The molecule has 0 unspecified atom stereocenters. The molecule has 1 amide bonds. The Labute approximate surface area is 110 Å². The van der Waals surface area contributed by atoms with Crippen molar-refractivity contribution in [2.24, 2.45) is 0 Å².